The van der Waals surface area contributed by atoms with Crippen molar-refractivity contribution in [3.63, 3.8) is 0 Å². The Bertz CT molecular complexity index is 382. The first-order valence-corrected chi connectivity index (χ1v) is 7.28. The summed E-state index contributed by atoms with van der Waals surface area (Å²) in [6, 6.07) is 8.03. The van der Waals surface area contributed by atoms with E-state index in [2.05, 4.69) is 26.0 Å². The Morgan fingerprint density at radius 2 is 2.05 bits per heavy atom. The Labute approximate surface area is 116 Å². The molecule has 1 saturated heterocycles. The molecular weight excluding hydrogens is 238 g/mol. The summed E-state index contributed by atoms with van der Waals surface area (Å²) in [6.07, 6.45) is 4.39. The fourth-order valence-corrected chi connectivity index (χ4v) is 2.54. The molecular formula is C16H25NO2. The molecule has 2 atom stereocenters. The van der Waals surface area contributed by atoms with E-state index in [-0.39, 0.29) is 11.6 Å². The predicted octanol–water partition coefficient (Wildman–Crippen LogP) is 3.43. The molecule has 0 saturated carbocycles. The lowest BCUT2D eigenvalue weighted by Crippen LogP contribution is -2.43. The van der Waals surface area contributed by atoms with Crippen LogP contribution in [0.3, 0.4) is 0 Å². The van der Waals surface area contributed by atoms with Crippen LogP contribution in [0.2, 0.25) is 0 Å². The first kappa shape index (κ1) is 14.4. The largest absolute Gasteiger partial charge is 0.494 e. The highest BCUT2D eigenvalue weighted by Crippen LogP contribution is 2.35. The third-order valence-electron chi connectivity index (χ3n) is 3.87. The van der Waals surface area contributed by atoms with E-state index in [9.17, 15) is 0 Å². The first-order chi connectivity index (χ1) is 9.15. The van der Waals surface area contributed by atoms with Crippen molar-refractivity contribution in [2.45, 2.75) is 51.2 Å². The van der Waals surface area contributed by atoms with Crippen molar-refractivity contribution in [2.24, 2.45) is 5.73 Å². The molecule has 0 spiro atoms. The topological polar surface area (TPSA) is 44.5 Å². The van der Waals surface area contributed by atoms with E-state index in [4.69, 9.17) is 15.2 Å². The first-order valence-electron chi connectivity index (χ1n) is 7.28. The monoisotopic (exact) mass is 263 g/mol. The summed E-state index contributed by atoms with van der Waals surface area (Å²) in [6.45, 7) is 5.80. The maximum Gasteiger partial charge on any atom is 0.119 e. The van der Waals surface area contributed by atoms with Gasteiger partial charge in [-0.2, -0.15) is 0 Å². The SMILES string of the molecule is CCCOc1ccc(C(N)C2(C)CCCCO2)cc1. The Balaban J connectivity index is 2.04. The summed E-state index contributed by atoms with van der Waals surface area (Å²) < 4.78 is 11.5. The molecule has 0 bridgehead atoms. The zero-order valence-corrected chi connectivity index (χ0v) is 12.0. The van der Waals surface area contributed by atoms with Crippen molar-refractivity contribution >= 4 is 0 Å². The number of hydrogen-bond donors (Lipinski definition) is 1. The quantitative estimate of drug-likeness (QED) is 0.885. The second-order valence-corrected chi connectivity index (χ2v) is 5.51. The molecule has 3 heteroatoms. The van der Waals surface area contributed by atoms with Crippen LogP contribution in [0.5, 0.6) is 5.75 Å². The molecule has 2 rings (SSSR count). The van der Waals surface area contributed by atoms with Crippen LogP contribution >= 0.6 is 0 Å². The molecule has 1 heterocycles. The molecule has 2 N–H and O–H groups in total. The highest BCUT2D eigenvalue weighted by molar-refractivity contribution is 5.30. The van der Waals surface area contributed by atoms with Gasteiger partial charge in [0.05, 0.1) is 18.2 Å². The van der Waals surface area contributed by atoms with Crippen molar-refractivity contribution < 1.29 is 9.47 Å². The molecule has 0 aliphatic carbocycles. The van der Waals surface area contributed by atoms with Crippen molar-refractivity contribution in [3.8, 4) is 5.75 Å². The van der Waals surface area contributed by atoms with Crippen LogP contribution in [0.1, 0.15) is 51.1 Å². The molecule has 19 heavy (non-hydrogen) atoms. The van der Waals surface area contributed by atoms with Gasteiger partial charge in [0.2, 0.25) is 0 Å². The molecule has 0 aromatic heterocycles. The normalized spacial score (nSPS) is 25.0. The maximum absolute atomic E-state index is 6.39. The van der Waals surface area contributed by atoms with Gasteiger partial charge in [-0.3, -0.25) is 0 Å². The standard InChI is InChI=1S/C16H25NO2/c1-3-11-18-14-8-6-13(7-9-14)15(17)16(2)10-4-5-12-19-16/h6-9,15H,3-5,10-12,17H2,1-2H3. The van der Waals surface area contributed by atoms with Crippen molar-refractivity contribution in [3.05, 3.63) is 29.8 Å². The van der Waals surface area contributed by atoms with Crippen molar-refractivity contribution in [1.82, 2.24) is 0 Å². The maximum atomic E-state index is 6.39. The molecule has 2 unspecified atom stereocenters. The van der Waals surface area contributed by atoms with Crippen LogP contribution in [0.25, 0.3) is 0 Å². The second kappa shape index (κ2) is 6.40. The van der Waals surface area contributed by atoms with E-state index in [0.717, 1.165) is 43.8 Å². The molecule has 1 aliphatic rings. The van der Waals surface area contributed by atoms with Gasteiger partial charge in [0, 0.05) is 6.61 Å². The fourth-order valence-electron chi connectivity index (χ4n) is 2.54. The zero-order chi connectivity index (χ0) is 13.7. The Hall–Kier alpha value is -1.06. The smallest absolute Gasteiger partial charge is 0.119 e. The molecule has 1 aromatic rings. The van der Waals surface area contributed by atoms with Crippen LogP contribution in [-0.2, 0) is 4.74 Å². The number of benzene rings is 1. The van der Waals surface area contributed by atoms with E-state index in [1.807, 2.05) is 12.1 Å². The summed E-state index contributed by atoms with van der Waals surface area (Å²) in [7, 11) is 0. The van der Waals surface area contributed by atoms with Gasteiger partial charge >= 0.3 is 0 Å². The number of rotatable bonds is 5. The average Bonchev–Trinajstić information content (AvgIpc) is 2.46. The van der Waals surface area contributed by atoms with E-state index >= 15 is 0 Å². The lowest BCUT2D eigenvalue weighted by Gasteiger charge is -2.39. The van der Waals surface area contributed by atoms with Crippen LogP contribution < -0.4 is 10.5 Å². The molecule has 1 aliphatic heterocycles. The average molecular weight is 263 g/mol. The number of hydrogen-bond acceptors (Lipinski definition) is 3. The van der Waals surface area contributed by atoms with Crippen molar-refractivity contribution in [2.75, 3.05) is 13.2 Å². The summed E-state index contributed by atoms with van der Waals surface area (Å²) in [5.41, 5.74) is 7.28. The van der Waals surface area contributed by atoms with Gasteiger partial charge in [-0.05, 0) is 50.3 Å². The molecule has 106 valence electrons. The van der Waals surface area contributed by atoms with Gasteiger partial charge in [-0.1, -0.05) is 19.1 Å². The van der Waals surface area contributed by atoms with Crippen LogP contribution in [0.15, 0.2) is 24.3 Å². The minimum absolute atomic E-state index is 0.0759. The van der Waals surface area contributed by atoms with Crippen LogP contribution in [-0.4, -0.2) is 18.8 Å². The number of ether oxygens (including phenoxy) is 2. The van der Waals surface area contributed by atoms with Gasteiger partial charge in [-0.15, -0.1) is 0 Å². The third kappa shape index (κ3) is 3.48. The van der Waals surface area contributed by atoms with E-state index in [1.54, 1.807) is 0 Å². The Morgan fingerprint density at radius 1 is 1.32 bits per heavy atom. The summed E-state index contributed by atoms with van der Waals surface area (Å²) in [5.74, 6) is 0.910. The molecule has 3 nitrogen and oxygen atoms in total. The van der Waals surface area contributed by atoms with E-state index in [1.165, 1.54) is 6.42 Å². The minimum Gasteiger partial charge on any atom is -0.494 e. The Kier molecular flexibility index (Phi) is 4.83. The highest BCUT2D eigenvalue weighted by Gasteiger charge is 2.35. The van der Waals surface area contributed by atoms with Crippen molar-refractivity contribution in [1.29, 1.82) is 0 Å². The predicted molar refractivity (Wildman–Crippen MR) is 77.4 cm³/mol. The minimum atomic E-state index is -0.232. The third-order valence-corrected chi connectivity index (χ3v) is 3.87. The van der Waals surface area contributed by atoms with E-state index in [0.29, 0.717) is 0 Å². The summed E-state index contributed by atoms with van der Waals surface area (Å²) in [5, 5.41) is 0. The molecule has 1 fully saturated rings. The van der Waals surface area contributed by atoms with Gasteiger partial charge in [0.15, 0.2) is 0 Å². The summed E-state index contributed by atoms with van der Waals surface area (Å²) >= 11 is 0. The van der Waals surface area contributed by atoms with Crippen LogP contribution in [0, 0.1) is 0 Å². The molecule has 0 amide bonds. The van der Waals surface area contributed by atoms with Gasteiger partial charge in [0.25, 0.3) is 0 Å². The highest BCUT2D eigenvalue weighted by atomic mass is 16.5. The fraction of sp³-hybridized carbons (Fsp3) is 0.625. The zero-order valence-electron chi connectivity index (χ0n) is 12.0. The second-order valence-electron chi connectivity index (χ2n) is 5.51. The number of nitrogens with two attached hydrogens (primary N) is 1. The lowest BCUT2D eigenvalue weighted by atomic mass is 9.85. The lowest BCUT2D eigenvalue weighted by molar-refractivity contribution is -0.0820. The summed E-state index contributed by atoms with van der Waals surface area (Å²) in [4.78, 5) is 0. The molecule has 1 aromatic carbocycles. The van der Waals surface area contributed by atoms with Gasteiger partial charge in [-0.25, -0.2) is 0 Å². The van der Waals surface area contributed by atoms with Gasteiger partial charge in [0.1, 0.15) is 5.75 Å². The van der Waals surface area contributed by atoms with E-state index < -0.39 is 0 Å². The van der Waals surface area contributed by atoms with Gasteiger partial charge < -0.3 is 15.2 Å². The van der Waals surface area contributed by atoms with Crippen LogP contribution in [0.4, 0.5) is 0 Å². The molecule has 0 radical (unpaired) electrons. The Morgan fingerprint density at radius 3 is 2.63 bits per heavy atom.